The van der Waals surface area contributed by atoms with Crippen molar-refractivity contribution >= 4 is 21.6 Å². The standard InChI is InChI=1S/C20H20BrN/c1-12-10-11-13(2)19-18(12)14-7-5-8-15(14)20(22-19)16-6-3-4-9-17(16)21/h3-7,9-11,14-15,20,22H,8H2,1-2H3/t14-,15-,20-/m0/s1. The fourth-order valence-corrected chi connectivity index (χ4v) is 4.61. The van der Waals surface area contributed by atoms with Crippen molar-refractivity contribution in [1.29, 1.82) is 0 Å². The van der Waals surface area contributed by atoms with Gasteiger partial charge >= 0.3 is 0 Å². The minimum absolute atomic E-state index is 0.364. The minimum Gasteiger partial charge on any atom is -0.377 e. The molecule has 0 fully saturated rings. The van der Waals surface area contributed by atoms with E-state index >= 15 is 0 Å². The fourth-order valence-electron chi connectivity index (χ4n) is 4.08. The highest BCUT2D eigenvalue weighted by Gasteiger charge is 2.39. The predicted molar refractivity (Wildman–Crippen MR) is 96.4 cm³/mol. The molecule has 0 aromatic heterocycles. The first-order valence-electron chi connectivity index (χ1n) is 7.94. The molecule has 1 aliphatic carbocycles. The maximum absolute atomic E-state index is 3.86. The Morgan fingerprint density at radius 1 is 1.05 bits per heavy atom. The maximum atomic E-state index is 3.86. The van der Waals surface area contributed by atoms with Gasteiger partial charge in [-0.3, -0.25) is 0 Å². The molecule has 1 heterocycles. The highest BCUT2D eigenvalue weighted by Crippen LogP contribution is 2.52. The van der Waals surface area contributed by atoms with Crippen molar-refractivity contribution in [3.05, 3.63) is 75.3 Å². The van der Waals surface area contributed by atoms with Crippen LogP contribution in [0.25, 0.3) is 0 Å². The molecule has 0 unspecified atom stereocenters. The van der Waals surface area contributed by atoms with Crippen LogP contribution in [0.4, 0.5) is 5.69 Å². The van der Waals surface area contributed by atoms with E-state index in [9.17, 15) is 0 Å². The number of nitrogens with one attached hydrogen (secondary N) is 1. The molecule has 1 nitrogen and oxygen atoms in total. The van der Waals surface area contributed by atoms with Gasteiger partial charge in [0.05, 0.1) is 6.04 Å². The third kappa shape index (κ3) is 2.04. The van der Waals surface area contributed by atoms with E-state index in [1.807, 2.05) is 0 Å². The van der Waals surface area contributed by atoms with Gasteiger partial charge in [0.2, 0.25) is 0 Å². The van der Waals surface area contributed by atoms with Crippen LogP contribution >= 0.6 is 15.9 Å². The van der Waals surface area contributed by atoms with Gasteiger partial charge in [-0.2, -0.15) is 0 Å². The van der Waals surface area contributed by atoms with E-state index in [1.54, 1.807) is 0 Å². The number of allylic oxidation sites excluding steroid dienone is 2. The Bertz CT molecular complexity index is 762. The summed E-state index contributed by atoms with van der Waals surface area (Å²) in [6, 6.07) is 13.5. The average Bonchev–Trinajstić information content (AvgIpc) is 3.00. The van der Waals surface area contributed by atoms with E-state index < -0.39 is 0 Å². The number of aryl methyl sites for hydroxylation is 2. The lowest BCUT2D eigenvalue weighted by Gasteiger charge is -2.39. The van der Waals surface area contributed by atoms with E-state index in [2.05, 4.69) is 83.6 Å². The zero-order valence-electron chi connectivity index (χ0n) is 12.9. The minimum atomic E-state index is 0.364. The molecule has 22 heavy (non-hydrogen) atoms. The summed E-state index contributed by atoms with van der Waals surface area (Å²) >= 11 is 3.74. The number of anilines is 1. The van der Waals surface area contributed by atoms with Crippen molar-refractivity contribution < 1.29 is 0 Å². The van der Waals surface area contributed by atoms with Crippen LogP contribution in [0.1, 0.15) is 40.6 Å². The first-order chi connectivity index (χ1) is 10.7. The number of rotatable bonds is 1. The van der Waals surface area contributed by atoms with E-state index in [1.165, 1.54) is 32.4 Å². The summed E-state index contributed by atoms with van der Waals surface area (Å²) in [5, 5.41) is 3.86. The monoisotopic (exact) mass is 353 g/mol. The molecule has 0 saturated carbocycles. The zero-order valence-corrected chi connectivity index (χ0v) is 14.5. The van der Waals surface area contributed by atoms with Crippen LogP contribution in [-0.2, 0) is 0 Å². The summed E-state index contributed by atoms with van der Waals surface area (Å²) in [5.41, 5.74) is 6.96. The van der Waals surface area contributed by atoms with Gasteiger partial charge in [0.1, 0.15) is 0 Å². The molecular weight excluding hydrogens is 334 g/mol. The maximum Gasteiger partial charge on any atom is 0.0565 e. The topological polar surface area (TPSA) is 12.0 Å². The van der Waals surface area contributed by atoms with Crippen LogP contribution in [0.15, 0.2) is 53.0 Å². The number of halogens is 1. The largest absolute Gasteiger partial charge is 0.377 e. The Kier molecular flexibility index (Phi) is 3.37. The summed E-state index contributed by atoms with van der Waals surface area (Å²) in [7, 11) is 0. The van der Waals surface area contributed by atoms with Crippen LogP contribution in [0.3, 0.4) is 0 Å². The van der Waals surface area contributed by atoms with Crippen molar-refractivity contribution in [2.45, 2.75) is 32.2 Å². The van der Waals surface area contributed by atoms with Gasteiger partial charge in [-0.15, -0.1) is 0 Å². The zero-order chi connectivity index (χ0) is 15.3. The lowest BCUT2D eigenvalue weighted by molar-refractivity contribution is 0.423. The van der Waals surface area contributed by atoms with Crippen molar-refractivity contribution in [3.63, 3.8) is 0 Å². The molecule has 2 aromatic carbocycles. The molecule has 3 atom stereocenters. The molecule has 0 amide bonds. The highest BCUT2D eigenvalue weighted by molar-refractivity contribution is 9.10. The molecule has 0 spiro atoms. The normalized spacial score (nSPS) is 25.5. The SMILES string of the molecule is Cc1ccc(C)c2c1N[C@H](c1ccccc1Br)[C@H]1CC=C[C@H]21. The molecular formula is C20H20BrN. The molecule has 1 aliphatic heterocycles. The van der Waals surface area contributed by atoms with Crippen LogP contribution in [0, 0.1) is 19.8 Å². The van der Waals surface area contributed by atoms with Crippen molar-refractivity contribution in [2.75, 3.05) is 5.32 Å². The van der Waals surface area contributed by atoms with Gasteiger partial charge in [-0.05, 0) is 54.5 Å². The molecule has 2 heteroatoms. The lowest BCUT2D eigenvalue weighted by atomic mass is 9.75. The highest BCUT2D eigenvalue weighted by atomic mass is 79.9. The summed E-state index contributed by atoms with van der Waals surface area (Å²) in [5.74, 6) is 1.14. The third-order valence-electron chi connectivity index (χ3n) is 5.19. The average molecular weight is 354 g/mol. The van der Waals surface area contributed by atoms with Crippen LogP contribution < -0.4 is 5.32 Å². The smallest absolute Gasteiger partial charge is 0.0565 e. The number of hydrogen-bond acceptors (Lipinski definition) is 1. The van der Waals surface area contributed by atoms with E-state index in [4.69, 9.17) is 0 Å². The van der Waals surface area contributed by atoms with E-state index in [0.29, 0.717) is 17.9 Å². The summed E-state index contributed by atoms with van der Waals surface area (Å²) in [4.78, 5) is 0. The van der Waals surface area contributed by atoms with Gasteiger partial charge in [-0.1, -0.05) is 58.4 Å². The summed E-state index contributed by atoms with van der Waals surface area (Å²) < 4.78 is 1.20. The number of hydrogen-bond donors (Lipinski definition) is 1. The molecule has 2 aliphatic rings. The third-order valence-corrected chi connectivity index (χ3v) is 5.91. The van der Waals surface area contributed by atoms with Crippen LogP contribution in [0.2, 0.25) is 0 Å². The van der Waals surface area contributed by atoms with Gasteiger partial charge in [0, 0.05) is 16.1 Å². The Hall–Kier alpha value is -1.54. The van der Waals surface area contributed by atoms with Crippen LogP contribution in [-0.4, -0.2) is 0 Å². The first kappa shape index (κ1) is 14.1. The van der Waals surface area contributed by atoms with Crippen molar-refractivity contribution in [2.24, 2.45) is 5.92 Å². The second-order valence-corrected chi connectivity index (χ2v) is 7.34. The molecule has 4 rings (SSSR count). The predicted octanol–water partition coefficient (Wildman–Crippen LogP) is 5.89. The Labute approximate surface area is 140 Å². The van der Waals surface area contributed by atoms with Crippen LogP contribution in [0.5, 0.6) is 0 Å². The quantitative estimate of drug-likeness (QED) is 0.630. The lowest BCUT2D eigenvalue weighted by Crippen LogP contribution is -2.30. The van der Waals surface area contributed by atoms with Gasteiger partial charge < -0.3 is 5.32 Å². The first-order valence-corrected chi connectivity index (χ1v) is 8.74. The molecule has 0 saturated heterocycles. The second-order valence-electron chi connectivity index (χ2n) is 6.49. The summed E-state index contributed by atoms with van der Waals surface area (Å²) in [6.45, 7) is 4.45. The van der Waals surface area contributed by atoms with E-state index in [-0.39, 0.29) is 0 Å². The van der Waals surface area contributed by atoms with Crippen molar-refractivity contribution in [3.8, 4) is 0 Å². The Balaban J connectivity index is 1.88. The fraction of sp³-hybridized carbons (Fsp3) is 0.300. The van der Waals surface area contributed by atoms with Gasteiger partial charge in [-0.25, -0.2) is 0 Å². The molecule has 2 aromatic rings. The number of benzene rings is 2. The Morgan fingerprint density at radius 2 is 1.82 bits per heavy atom. The molecule has 0 radical (unpaired) electrons. The second kappa shape index (κ2) is 5.27. The van der Waals surface area contributed by atoms with Crippen molar-refractivity contribution in [1.82, 2.24) is 0 Å². The molecule has 1 N–H and O–H groups in total. The summed E-state index contributed by atoms with van der Waals surface area (Å²) in [6.07, 6.45) is 5.93. The molecule has 112 valence electrons. The van der Waals surface area contributed by atoms with Gasteiger partial charge in [0.15, 0.2) is 0 Å². The van der Waals surface area contributed by atoms with Gasteiger partial charge in [0.25, 0.3) is 0 Å². The Morgan fingerprint density at radius 3 is 2.64 bits per heavy atom. The number of fused-ring (bicyclic) bond motifs is 3. The van der Waals surface area contributed by atoms with E-state index in [0.717, 1.165) is 6.42 Å². The molecule has 0 bridgehead atoms.